The highest BCUT2D eigenvalue weighted by atomic mass is 28.3. The first-order chi connectivity index (χ1) is 15.1. The average Bonchev–Trinajstić information content (AvgIpc) is 3.02. The molecule has 32 heavy (non-hydrogen) atoms. The minimum atomic E-state index is -1.27. The monoisotopic (exact) mass is 472 g/mol. The van der Waals surface area contributed by atoms with E-state index in [1.54, 1.807) is 0 Å². The molecule has 2 fully saturated rings. The molecular formula is C25H48O6Si. The van der Waals surface area contributed by atoms with E-state index in [0.717, 1.165) is 58.0 Å². The molecule has 1 saturated heterocycles. The normalized spacial score (nSPS) is 29.9. The van der Waals surface area contributed by atoms with Gasteiger partial charge in [-0.1, -0.05) is 40.0 Å². The maximum atomic E-state index is 11.3. The van der Waals surface area contributed by atoms with Crippen molar-refractivity contribution in [3.8, 4) is 0 Å². The van der Waals surface area contributed by atoms with Crippen LogP contribution in [0.2, 0.25) is 13.1 Å². The Hall–Kier alpha value is -0.473. The topological polar surface area (TPSA) is 74.2 Å². The number of ether oxygens (including phenoxy) is 3. The Morgan fingerprint density at radius 2 is 1.88 bits per heavy atom. The zero-order chi connectivity index (χ0) is 23.7. The first kappa shape index (κ1) is 27.8. The molecule has 7 heteroatoms. The van der Waals surface area contributed by atoms with Crippen molar-refractivity contribution in [2.45, 2.75) is 123 Å². The lowest BCUT2D eigenvalue weighted by atomic mass is 9.74. The van der Waals surface area contributed by atoms with Gasteiger partial charge in [0, 0.05) is 25.4 Å². The molecule has 1 aliphatic carbocycles. The van der Waals surface area contributed by atoms with Gasteiger partial charge in [-0.2, -0.15) is 0 Å². The molecular weight excluding hydrogens is 424 g/mol. The lowest BCUT2D eigenvalue weighted by molar-refractivity contribution is -0.205. The van der Waals surface area contributed by atoms with Gasteiger partial charge in [0.25, 0.3) is 0 Å². The van der Waals surface area contributed by atoms with Crippen LogP contribution in [-0.2, 0) is 23.4 Å². The van der Waals surface area contributed by atoms with Gasteiger partial charge in [0.05, 0.1) is 25.4 Å². The number of rotatable bonds is 12. The van der Waals surface area contributed by atoms with E-state index in [0.29, 0.717) is 12.8 Å². The molecule has 6 nitrogen and oxygen atoms in total. The molecule has 2 rings (SSSR count). The summed E-state index contributed by atoms with van der Waals surface area (Å²) < 4.78 is 23.8. The molecule has 0 aromatic heterocycles. The zero-order valence-electron chi connectivity index (χ0n) is 21.3. The number of methoxy groups -OCH3 is 1. The number of unbranched alkanes of at least 4 members (excludes halogenated alkanes) is 3. The van der Waals surface area contributed by atoms with E-state index in [2.05, 4.69) is 33.9 Å². The fourth-order valence-corrected chi connectivity index (χ4v) is 6.51. The molecule has 2 aliphatic rings. The molecule has 0 aromatic carbocycles. The number of hydrogen-bond donors (Lipinski definition) is 1. The quantitative estimate of drug-likeness (QED) is 0.249. The number of carbonyl (C=O) groups excluding carboxylic acids is 1. The van der Waals surface area contributed by atoms with Gasteiger partial charge in [0.15, 0.2) is 15.3 Å². The Balaban J connectivity index is 2.05. The van der Waals surface area contributed by atoms with Crippen LogP contribution in [0.5, 0.6) is 0 Å². The van der Waals surface area contributed by atoms with Crippen molar-refractivity contribution in [2.75, 3.05) is 13.7 Å². The van der Waals surface area contributed by atoms with Crippen molar-refractivity contribution in [3.63, 3.8) is 0 Å². The van der Waals surface area contributed by atoms with Gasteiger partial charge in [-0.15, -0.1) is 0 Å². The zero-order valence-corrected chi connectivity index (χ0v) is 22.5. The third kappa shape index (κ3) is 8.71. The Bertz CT molecular complexity index is 543. The highest BCUT2D eigenvalue weighted by molar-refractivity contribution is 6.48. The summed E-state index contributed by atoms with van der Waals surface area (Å²) in [7, 11) is 0.167. The van der Waals surface area contributed by atoms with E-state index in [9.17, 15) is 9.90 Å². The average molecular weight is 473 g/mol. The standard InChI is InChI=1S/C25H48O6Si/c1-25(2,3)24(31-32(5)6)23-18(13-9-7-8-10-14-21(27)28-4)19(26)17-20(23)30-22-15-11-12-16-29-22/h18-20,22-24,26,32H,7-17H2,1-6H3/t18-,19-,20+,22?,23-,24?/m0/s1. The van der Waals surface area contributed by atoms with Crippen LogP contribution in [0.3, 0.4) is 0 Å². The highest BCUT2D eigenvalue weighted by Crippen LogP contribution is 2.46. The third-order valence-corrected chi connectivity index (χ3v) is 7.71. The summed E-state index contributed by atoms with van der Waals surface area (Å²) in [5.41, 5.74) is -0.0280. The molecule has 0 bridgehead atoms. The van der Waals surface area contributed by atoms with Crippen LogP contribution in [0.25, 0.3) is 0 Å². The molecule has 0 spiro atoms. The van der Waals surface area contributed by atoms with Gasteiger partial charge in [-0.3, -0.25) is 4.79 Å². The second-order valence-electron chi connectivity index (χ2n) is 11.0. The van der Waals surface area contributed by atoms with Gasteiger partial charge in [0.2, 0.25) is 0 Å². The van der Waals surface area contributed by atoms with E-state index < -0.39 is 9.04 Å². The van der Waals surface area contributed by atoms with E-state index in [1.807, 2.05) is 0 Å². The van der Waals surface area contributed by atoms with Crippen molar-refractivity contribution in [1.29, 1.82) is 0 Å². The molecule has 1 heterocycles. The molecule has 1 N–H and O–H groups in total. The maximum Gasteiger partial charge on any atom is 0.305 e. The first-order valence-corrected chi connectivity index (χ1v) is 15.6. The van der Waals surface area contributed by atoms with Crippen molar-refractivity contribution in [3.05, 3.63) is 0 Å². The SMILES string of the molecule is COC(=O)CCCCCC[C@@H]1[C@H](C(O[SiH](C)C)C(C)(C)C)[C@H](OC2CCCCO2)C[C@@H]1O. The Labute approximate surface area is 197 Å². The highest BCUT2D eigenvalue weighted by Gasteiger charge is 2.50. The molecule has 1 saturated carbocycles. The van der Waals surface area contributed by atoms with Crippen LogP contribution in [0.4, 0.5) is 0 Å². The largest absolute Gasteiger partial charge is 0.469 e. The molecule has 0 radical (unpaired) electrons. The molecule has 1 aliphatic heterocycles. The van der Waals surface area contributed by atoms with Crippen molar-refractivity contribution >= 4 is 15.0 Å². The summed E-state index contributed by atoms with van der Waals surface area (Å²) in [5, 5.41) is 11.1. The molecule has 2 unspecified atom stereocenters. The lowest BCUT2D eigenvalue weighted by Crippen LogP contribution is -2.47. The van der Waals surface area contributed by atoms with Crippen molar-refractivity contribution in [1.82, 2.24) is 0 Å². The van der Waals surface area contributed by atoms with Gasteiger partial charge in [-0.05, 0) is 56.5 Å². The van der Waals surface area contributed by atoms with Crippen LogP contribution < -0.4 is 0 Å². The second kappa shape index (κ2) is 13.4. The summed E-state index contributed by atoms with van der Waals surface area (Å²) in [4.78, 5) is 11.3. The predicted molar refractivity (Wildman–Crippen MR) is 129 cm³/mol. The lowest BCUT2D eigenvalue weighted by Gasteiger charge is -2.42. The number of aliphatic hydroxyl groups is 1. The van der Waals surface area contributed by atoms with E-state index in [1.165, 1.54) is 7.11 Å². The Kier molecular flexibility index (Phi) is 11.6. The summed E-state index contributed by atoms with van der Waals surface area (Å²) in [6.45, 7) is 11.9. The minimum Gasteiger partial charge on any atom is -0.469 e. The predicted octanol–water partition coefficient (Wildman–Crippen LogP) is 4.82. The Morgan fingerprint density at radius 1 is 1.16 bits per heavy atom. The van der Waals surface area contributed by atoms with Crippen LogP contribution in [0.15, 0.2) is 0 Å². The van der Waals surface area contributed by atoms with E-state index in [-0.39, 0.29) is 47.8 Å². The number of aliphatic hydroxyl groups excluding tert-OH is 1. The van der Waals surface area contributed by atoms with E-state index >= 15 is 0 Å². The second-order valence-corrected chi connectivity index (χ2v) is 13.4. The fourth-order valence-electron chi connectivity index (χ4n) is 5.34. The van der Waals surface area contributed by atoms with Gasteiger partial charge in [0.1, 0.15) is 0 Å². The van der Waals surface area contributed by atoms with Crippen molar-refractivity contribution in [2.24, 2.45) is 17.3 Å². The van der Waals surface area contributed by atoms with Gasteiger partial charge in [-0.25, -0.2) is 0 Å². The Morgan fingerprint density at radius 3 is 2.47 bits per heavy atom. The fraction of sp³-hybridized carbons (Fsp3) is 0.960. The first-order valence-electron chi connectivity index (χ1n) is 12.8. The molecule has 188 valence electrons. The summed E-state index contributed by atoms with van der Waals surface area (Å²) >= 11 is 0. The number of carbonyl (C=O) groups is 1. The maximum absolute atomic E-state index is 11.3. The molecule has 0 amide bonds. The molecule has 0 aromatic rings. The summed E-state index contributed by atoms with van der Waals surface area (Å²) in [6, 6.07) is 0. The van der Waals surface area contributed by atoms with Gasteiger partial charge >= 0.3 is 5.97 Å². The third-order valence-electron chi connectivity index (χ3n) is 6.87. The van der Waals surface area contributed by atoms with Crippen LogP contribution in [0.1, 0.15) is 85.0 Å². The van der Waals surface area contributed by atoms with E-state index in [4.69, 9.17) is 18.6 Å². The number of hydrogen-bond acceptors (Lipinski definition) is 6. The molecule has 6 atom stereocenters. The summed E-state index contributed by atoms with van der Waals surface area (Å²) in [6.07, 6.45) is 8.76. The minimum absolute atomic E-state index is 0.0280. The smallest absolute Gasteiger partial charge is 0.305 e. The number of esters is 1. The van der Waals surface area contributed by atoms with Gasteiger partial charge < -0.3 is 23.7 Å². The summed E-state index contributed by atoms with van der Waals surface area (Å²) in [5.74, 6) is 0.200. The van der Waals surface area contributed by atoms with Crippen molar-refractivity contribution < 1.29 is 28.5 Å². The van der Waals surface area contributed by atoms with Crippen LogP contribution in [0, 0.1) is 17.3 Å². The van der Waals surface area contributed by atoms with Crippen LogP contribution in [-0.4, -0.2) is 58.4 Å². The van der Waals surface area contributed by atoms with Crippen LogP contribution >= 0.6 is 0 Å².